The zero-order valence-corrected chi connectivity index (χ0v) is 5.60. The molecular weight excluding hydrogens is 144 g/mol. The summed E-state index contributed by atoms with van der Waals surface area (Å²) < 4.78 is 1.40. The van der Waals surface area contributed by atoms with Gasteiger partial charge in [-0.05, 0) is 12.1 Å². The Balaban J connectivity index is 2.92. The lowest BCUT2D eigenvalue weighted by Gasteiger charge is -1.90. The molecule has 11 heavy (non-hydrogen) atoms. The molecule has 4 heteroatoms. The molecule has 0 bridgehead atoms. The third-order valence-corrected chi connectivity index (χ3v) is 1.49. The Kier molecular flexibility index (Phi) is 1.03. The topological polar surface area (TPSA) is 57.8 Å². The van der Waals surface area contributed by atoms with Crippen molar-refractivity contribution in [3.8, 4) is 11.8 Å². The Bertz CT molecular complexity index is 394. The molecule has 0 radical (unpaired) electrons. The van der Waals surface area contributed by atoms with Gasteiger partial charge in [-0.15, -0.1) is 0 Å². The van der Waals surface area contributed by atoms with Crippen LogP contribution >= 0.6 is 0 Å². The summed E-state index contributed by atoms with van der Waals surface area (Å²) >= 11 is 0. The molecule has 0 aliphatic rings. The van der Waals surface area contributed by atoms with Gasteiger partial charge in [0.25, 0.3) is 11.8 Å². The van der Waals surface area contributed by atoms with Crippen LogP contribution in [-0.4, -0.2) is 19.6 Å². The fraction of sp³-hybridized carbons (Fsp3) is 0. The summed E-state index contributed by atoms with van der Waals surface area (Å²) in [5, 5.41) is 18.1. The highest BCUT2D eigenvalue weighted by molar-refractivity contribution is 5.47. The molecule has 2 rings (SSSR count). The highest BCUT2D eigenvalue weighted by Crippen LogP contribution is 2.23. The summed E-state index contributed by atoms with van der Waals surface area (Å²) in [6, 6.07) is 5.22. The molecule has 0 aliphatic carbocycles. The van der Waals surface area contributed by atoms with Gasteiger partial charge in [0.2, 0.25) is 0 Å². The second kappa shape index (κ2) is 1.88. The predicted molar refractivity (Wildman–Crippen MR) is 38.5 cm³/mol. The molecule has 0 saturated heterocycles. The van der Waals surface area contributed by atoms with Crippen molar-refractivity contribution in [3.63, 3.8) is 0 Å². The van der Waals surface area contributed by atoms with E-state index in [1.807, 2.05) is 0 Å². The van der Waals surface area contributed by atoms with Crippen LogP contribution in [0.4, 0.5) is 0 Å². The number of nitrogens with zero attached hydrogens (tertiary/aromatic N) is 2. The molecule has 2 heterocycles. The monoisotopic (exact) mass is 150 g/mol. The van der Waals surface area contributed by atoms with Gasteiger partial charge >= 0.3 is 0 Å². The standard InChI is InChI=1S/C7H6N2O2/c10-6-7(11)9-4-2-1-3-5(9)8-6/h1-4,10-11H. The third-order valence-electron chi connectivity index (χ3n) is 1.49. The minimum absolute atomic E-state index is 0.222. The summed E-state index contributed by atoms with van der Waals surface area (Å²) in [4.78, 5) is 3.68. The molecule has 0 amide bonds. The molecule has 0 saturated carbocycles. The van der Waals surface area contributed by atoms with E-state index in [-0.39, 0.29) is 11.8 Å². The molecule has 56 valence electrons. The van der Waals surface area contributed by atoms with Crippen LogP contribution in [0.5, 0.6) is 11.8 Å². The van der Waals surface area contributed by atoms with Crippen LogP contribution in [0.25, 0.3) is 5.65 Å². The maximum Gasteiger partial charge on any atom is 0.275 e. The lowest BCUT2D eigenvalue weighted by Crippen LogP contribution is -1.79. The quantitative estimate of drug-likeness (QED) is 0.582. The molecular formula is C7H6N2O2. The lowest BCUT2D eigenvalue weighted by atomic mass is 10.5. The van der Waals surface area contributed by atoms with E-state index in [1.54, 1.807) is 24.4 Å². The van der Waals surface area contributed by atoms with Crippen molar-refractivity contribution in [2.75, 3.05) is 0 Å². The Morgan fingerprint density at radius 2 is 2.09 bits per heavy atom. The third kappa shape index (κ3) is 0.724. The number of imidazole rings is 1. The number of fused-ring (bicyclic) bond motifs is 1. The summed E-state index contributed by atoms with van der Waals surface area (Å²) in [5.41, 5.74) is 0.530. The van der Waals surface area contributed by atoms with Crippen LogP contribution in [0.15, 0.2) is 24.4 Å². The van der Waals surface area contributed by atoms with Gasteiger partial charge in [0.1, 0.15) is 5.65 Å². The van der Waals surface area contributed by atoms with Crippen molar-refractivity contribution in [1.82, 2.24) is 9.38 Å². The second-order valence-corrected chi connectivity index (χ2v) is 2.19. The van der Waals surface area contributed by atoms with Gasteiger partial charge < -0.3 is 10.2 Å². The molecule has 0 unspecified atom stereocenters. The van der Waals surface area contributed by atoms with Crippen molar-refractivity contribution in [2.24, 2.45) is 0 Å². The van der Waals surface area contributed by atoms with Crippen LogP contribution in [0.2, 0.25) is 0 Å². The van der Waals surface area contributed by atoms with Gasteiger partial charge in [0.15, 0.2) is 0 Å². The van der Waals surface area contributed by atoms with Crippen LogP contribution in [-0.2, 0) is 0 Å². The van der Waals surface area contributed by atoms with Crippen molar-refractivity contribution < 1.29 is 10.2 Å². The van der Waals surface area contributed by atoms with Crippen LogP contribution in [0, 0.1) is 0 Å². The highest BCUT2D eigenvalue weighted by Gasteiger charge is 2.06. The van der Waals surface area contributed by atoms with E-state index in [0.29, 0.717) is 5.65 Å². The first-order valence-corrected chi connectivity index (χ1v) is 3.14. The zero-order chi connectivity index (χ0) is 7.84. The lowest BCUT2D eigenvalue weighted by molar-refractivity contribution is 0.381. The molecule has 0 spiro atoms. The van der Waals surface area contributed by atoms with Crippen molar-refractivity contribution in [3.05, 3.63) is 24.4 Å². The van der Waals surface area contributed by atoms with Crippen LogP contribution in [0.3, 0.4) is 0 Å². The minimum Gasteiger partial charge on any atom is -0.490 e. The fourth-order valence-corrected chi connectivity index (χ4v) is 0.971. The average Bonchev–Trinajstić information content (AvgIpc) is 2.30. The largest absolute Gasteiger partial charge is 0.490 e. The number of hydrogen-bond acceptors (Lipinski definition) is 3. The van der Waals surface area contributed by atoms with Gasteiger partial charge in [0, 0.05) is 6.20 Å². The van der Waals surface area contributed by atoms with E-state index in [0.717, 1.165) is 0 Å². The number of aromatic hydroxyl groups is 2. The maximum absolute atomic E-state index is 9.15. The van der Waals surface area contributed by atoms with Crippen LogP contribution in [0.1, 0.15) is 0 Å². The van der Waals surface area contributed by atoms with Crippen molar-refractivity contribution in [1.29, 1.82) is 0 Å². The smallest absolute Gasteiger partial charge is 0.275 e. The van der Waals surface area contributed by atoms with Gasteiger partial charge in [-0.1, -0.05) is 6.07 Å². The molecule has 0 fully saturated rings. The molecule has 4 nitrogen and oxygen atoms in total. The van der Waals surface area contributed by atoms with Gasteiger partial charge in [0.05, 0.1) is 0 Å². The van der Waals surface area contributed by atoms with Crippen LogP contribution < -0.4 is 0 Å². The van der Waals surface area contributed by atoms with E-state index in [9.17, 15) is 0 Å². The molecule has 2 N–H and O–H groups in total. The normalized spacial score (nSPS) is 10.5. The average molecular weight is 150 g/mol. The van der Waals surface area contributed by atoms with E-state index in [4.69, 9.17) is 10.2 Å². The number of rotatable bonds is 0. The van der Waals surface area contributed by atoms with E-state index >= 15 is 0 Å². The molecule has 0 aromatic carbocycles. The fourth-order valence-electron chi connectivity index (χ4n) is 0.971. The SMILES string of the molecule is Oc1nc2ccccn2c1O. The second-order valence-electron chi connectivity index (χ2n) is 2.19. The molecule has 2 aromatic heterocycles. The maximum atomic E-state index is 9.15. The summed E-state index contributed by atoms with van der Waals surface area (Å²) in [5.74, 6) is -0.559. The van der Waals surface area contributed by atoms with Gasteiger partial charge in [-0.3, -0.25) is 4.40 Å². The molecule has 0 aliphatic heterocycles. The van der Waals surface area contributed by atoms with E-state index in [1.165, 1.54) is 4.40 Å². The highest BCUT2D eigenvalue weighted by atomic mass is 16.3. The Labute approximate surface area is 62.4 Å². The molecule has 0 atom stereocenters. The van der Waals surface area contributed by atoms with Gasteiger partial charge in [-0.25, -0.2) is 0 Å². The predicted octanol–water partition coefficient (Wildman–Crippen LogP) is 0.745. The van der Waals surface area contributed by atoms with E-state index < -0.39 is 0 Å². The Morgan fingerprint density at radius 1 is 1.27 bits per heavy atom. The molecule has 2 aromatic rings. The first kappa shape index (κ1) is 6.03. The Morgan fingerprint density at radius 3 is 2.82 bits per heavy atom. The first-order chi connectivity index (χ1) is 5.29. The number of aromatic nitrogens is 2. The number of pyridine rings is 1. The Hall–Kier alpha value is -1.71. The van der Waals surface area contributed by atoms with Crippen molar-refractivity contribution >= 4 is 5.65 Å². The van der Waals surface area contributed by atoms with Crippen molar-refractivity contribution in [2.45, 2.75) is 0 Å². The zero-order valence-electron chi connectivity index (χ0n) is 5.60. The first-order valence-electron chi connectivity index (χ1n) is 3.14. The van der Waals surface area contributed by atoms with Gasteiger partial charge in [-0.2, -0.15) is 4.98 Å². The minimum atomic E-state index is -0.337. The van der Waals surface area contributed by atoms with E-state index in [2.05, 4.69) is 4.98 Å². The summed E-state index contributed by atoms with van der Waals surface area (Å²) in [7, 11) is 0. The summed E-state index contributed by atoms with van der Waals surface area (Å²) in [6.45, 7) is 0. The number of hydrogen-bond donors (Lipinski definition) is 2. The summed E-state index contributed by atoms with van der Waals surface area (Å²) in [6.07, 6.45) is 1.62.